The summed E-state index contributed by atoms with van der Waals surface area (Å²) in [5.41, 5.74) is 0. The number of aliphatic hydroxyl groups is 1. The molecule has 0 heterocycles. The molecule has 0 spiro atoms. The van der Waals surface area contributed by atoms with Crippen molar-refractivity contribution in [3.8, 4) is 0 Å². The van der Waals surface area contributed by atoms with E-state index >= 15 is 0 Å². The Morgan fingerprint density at radius 3 is 3.07 bits per heavy atom. The van der Waals surface area contributed by atoms with Crippen LogP contribution in [-0.4, -0.2) is 23.7 Å². The molecule has 0 aromatic carbocycles. The van der Waals surface area contributed by atoms with Crippen molar-refractivity contribution >= 4 is 5.91 Å². The third kappa shape index (κ3) is 4.98. The van der Waals surface area contributed by atoms with Crippen LogP contribution in [0.3, 0.4) is 0 Å². The number of carbonyl (C=O) groups excluding carboxylic acids is 1. The lowest BCUT2D eigenvalue weighted by atomic mass is 10.1. The fraction of sp³-hybridized carbons (Fsp3) is 0.750. The number of nitrogens with one attached hydrogen (secondary N) is 1. The van der Waals surface area contributed by atoms with Gasteiger partial charge in [0.2, 0.25) is 5.91 Å². The molecule has 2 atom stereocenters. The summed E-state index contributed by atoms with van der Waals surface area (Å²) in [6, 6.07) is 0. The predicted molar refractivity (Wildman–Crippen MR) is 60.4 cm³/mol. The monoisotopic (exact) mass is 211 g/mol. The van der Waals surface area contributed by atoms with Crippen molar-refractivity contribution in [1.29, 1.82) is 0 Å². The summed E-state index contributed by atoms with van der Waals surface area (Å²) in [7, 11) is 0. The van der Waals surface area contributed by atoms with Crippen LogP contribution in [-0.2, 0) is 4.79 Å². The van der Waals surface area contributed by atoms with Crippen LogP contribution in [0.15, 0.2) is 12.2 Å². The van der Waals surface area contributed by atoms with E-state index in [0.717, 1.165) is 25.7 Å². The highest BCUT2D eigenvalue weighted by molar-refractivity contribution is 5.76. The molecule has 0 saturated carbocycles. The smallest absolute Gasteiger partial charge is 0.220 e. The molecule has 1 aliphatic rings. The molecule has 86 valence electrons. The van der Waals surface area contributed by atoms with Gasteiger partial charge in [-0.1, -0.05) is 25.5 Å². The van der Waals surface area contributed by atoms with Gasteiger partial charge in [0, 0.05) is 13.0 Å². The Balaban J connectivity index is 2.10. The van der Waals surface area contributed by atoms with E-state index in [2.05, 4.69) is 17.5 Å². The highest BCUT2D eigenvalue weighted by Gasteiger charge is 2.14. The molecule has 0 radical (unpaired) electrons. The summed E-state index contributed by atoms with van der Waals surface area (Å²) in [5, 5.41) is 12.2. The van der Waals surface area contributed by atoms with E-state index in [9.17, 15) is 9.90 Å². The topological polar surface area (TPSA) is 49.3 Å². The van der Waals surface area contributed by atoms with Crippen molar-refractivity contribution in [2.24, 2.45) is 5.92 Å². The standard InChI is InChI=1S/C12H21NO2/c1-2-5-11(14)9-13-12(15)8-10-6-3-4-7-10/h3,6,10-11,14H,2,4-5,7-9H2,1H3,(H,13,15). The van der Waals surface area contributed by atoms with Crippen molar-refractivity contribution in [2.75, 3.05) is 6.54 Å². The van der Waals surface area contributed by atoms with Gasteiger partial charge < -0.3 is 10.4 Å². The molecule has 0 aromatic heterocycles. The number of hydrogen-bond donors (Lipinski definition) is 2. The van der Waals surface area contributed by atoms with Crippen molar-refractivity contribution in [1.82, 2.24) is 5.32 Å². The first-order valence-corrected chi connectivity index (χ1v) is 5.83. The second-order valence-corrected chi connectivity index (χ2v) is 4.22. The Bertz CT molecular complexity index is 226. The molecule has 0 fully saturated rings. The van der Waals surface area contributed by atoms with Crippen LogP contribution in [0.4, 0.5) is 0 Å². The Morgan fingerprint density at radius 2 is 2.47 bits per heavy atom. The van der Waals surface area contributed by atoms with Crippen LogP contribution < -0.4 is 5.32 Å². The van der Waals surface area contributed by atoms with Gasteiger partial charge in [-0.3, -0.25) is 4.79 Å². The van der Waals surface area contributed by atoms with Crippen LogP contribution in [0.25, 0.3) is 0 Å². The molecule has 1 aliphatic carbocycles. The Labute approximate surface area is 91.6 Å². The predicted octanol–water partition coefficient (Wildman–Crippen LogP) is 1.62. The molecule has 3 nitrogen and oxygen atoms in total. The summed E-state index contributed by atoms with van der Waals surface area (Å²) in [6.07, 6.45) is 8.30. The van der Waals surface area contributed by atoms with Gasteiger partial charge in [0.15, 0.2) is 0 Å². The first-order chi connectivity index (χ1) is 7.22. The maximum absolute atomic E-state index is 11.5. The lowest BCUT2D eigenvalue weighted by Gasteiger charge is -2.12. The fourth-order valence-electron chi connectivity index (χ4n) is 1.84. The third-order valence-electron chi connectivity index (χ3n) is 2.72. The van der Waals surface area contributed by atoms with E-state index in [-0.39, 0.29) is 5.91 Å². The number of amides is 1. The van der Waals surface area contributed by atoms with Crippen LogP contribution in [0.1, 0.15) is 39.0 Å². The van der Waals surface area contributed by atoms with E-state index in [1.165, 1.54) is 0 Å². The largest absolute Gasteiger partial charge is 0.391 e. The summed E-state index contributed by atoms with van der Waals surface area (Å²) >= 11 is 0. The summed E-state index contributed by atoms with van der Waals surface area (Å²) in [6.45, 7) is 2.41. The molecule has 0 aromatic rings. The Hall–Kier alpha value is -0.830. The van der Waals surface area contributed by atoms with Crippen molar-refractivity contribution < 1.29 is 9.90 Å². The van der Waals surface area contributed by atoms with E-state index in [0.29, 0.717) is 18.9 Å². The minimum Gasteiger partial charge on any atom is -0.391 e. The van der Waals surface area contributed by atoms with Gasteiger partial charge in [-0.05, 0) is 25.2 Å². The number of hydrogen-bond acceptors (Lipinski definition) is 2. The first kappa shape index (κ1) is 12.2. The average Bonchev–Trinajstić information content (AvgIpc) is 2.68. The van der Waals surface area contributed by atoms with Gasteiger partial charge in [0.05, 0.1) is 6.10 Å². The molecule has 3 heteroatoms. The lowest BCUT2D eigenvalue weighted by molar-refractivity contribution is -0.122. The Kier molecular flexibility index (Phi) is 5.40. The van der Waals surface area contributed by atoms with Gasteiger partial charge in [-0.15, -0.1) is 0 Å². The van der Waals surface area contributed by atoms with Gasteiger partial charge >= 0.3 is 0 Å². The van der Waals surface area contributed by atoms with Gasteiger partial charge in [-0.2, -0.15) is 0 Å². The second kappa shape index (κ2) is 6.62. The van der Waals surface area contributed by atoms with Crippen molar-refractivity contribution in [3.05, 3.63) is 12.2 Å². The van der Waals surface area contributed by atoms with E-state index < -0.39 is 6.10 Å². The molecule has 0 aliphatic heterocycles. The maximum Gasteiger partial charge on any atom is 0.220 e. The molecule has 2 unspecified atom stereocenters. The zero-order valence-electron chi connectivity index (χ0n) is 9.41. The zero-order valence-corrected chi connectivity index (χ0v) is 9.41. The number of allylic oxidation sites excluding steroid dienone is 2. The lowest BCUT2D eigenvalue weighted by Crippen LogP contribution is -2.32. The third-order valence-corrected chi connectivity index (χ3v) is 2.72. The van der Waals surface area contributed by atoms with Crippen LogP contribution in [0.2, 0.25) is 0 Å². The SMILES string of the molecule is CCCC(O)CNC(=O)CC1C=CCC1. The second-order valence-electron chi connectivity index (χ2n) is 4.22. The maximum atomic E-state index is 11.5. The molecular formula is C12H21NO2. The van der Waals surface area contributed by atoms with Crippen molar-refractivity contribution in [2.45, 2.75) is 45.1 Å². The zero-order chi connectivity index (χ0) is 11.1. The fourth-order valence-corrected chi connectivity index (χ4v) is 1.84. The summed E-state index contributed by atoms with van der Waals surface area (Å²) < 4.78 is 0. The van der Waals surface area contributed by atoms with Crippen molar-refractivity contribution in [3.63, 3.8) is 0 Å². The number of rotatable bonds is 6. The van der Waals surface area contributed by atoms with E-state index in [1.807, 2.05) is 6.92 Å². The van der Waals surface area contributed by atoms with Crippen LogP contribution in [0.5, 0.6) is 0 Å². The molecule has 15 heavy (non-hydrogen) atoms. The number of carbonyl (C=O) groups is 1. The molecular weight excluding hydrogens is 190 g/mol. The molecule has 1 rings (SSSR count). The quantitative estimate of drug-likeness (QED) is 0.656. The molecule has 0 bridgehead atoms. The highest BCUT2D eigenvalue weighted by Crippen LogP contribution is 2.19. The minimum absolute atomic E-state index is 0.0571. The highest BCUT2D eigenvalue weighted by atomic mass is 16.3. The van der Waals surface area contributed by atoms with Crippen LogP contribution in [0, 0.1) is 5.92 Å². The summed E-state index contributed by atoms with van der Waals surface area (Å²) in [4.78, 5) is 11.5. The minimum atomic E-state index is -0.391. The van der Waals surface area contributed by atoms with Gasteiger partial charge in [0.25, 0.3) is 0 Å². The summed E-state index contributed by atoms with van der Waals surface area (Å²) in [5.74, 6) is 0.468. The van der Waals surface area contributed by atoms with Crippen LogP contribution >= 0.6 is 0 Å². The molecule has 0 saturated heterocycles. The normalized spacial score (nSPS) is 21.6. The van der Waals surface area contributed by atoms with E-state index in [1.54, 1.807) is 0 Å². The first-order valence-electron chi connectivity index (χ1n) is 5.83. The molecule has 1 amide bonds. The van der Waals surface area contributed by atoms with Gasteiger partial charge in [0.1, 0.15) is 0 Å². The number of aliphatic hydroxyl groups excluding tert-OH is 1. The molecule has 2 N–H and O–H groups in total. The Morgan fingerprint density at radius 1 is 1.67 bits per heavy atom. The van der Waals surface area contributed by atoms with Gasteiger partial charge in [-0.25, -0.2) is 0 Å². The average molecular weight is 211 g/mol. The van der Waals surface area contributed by atoms with E-state index in [4.69, 9.17) is 0 Å².